The van der Waals surface area contributed by atoms with Gasteiger partial charge >= 0.3 is 6.18 Å². The number of likely N-dealkylation sites (tertiary alicyclic amines) is 1. The summed E-state index contributed by atoms with van der Waals surface area (Å²) in [6.45, 7) is 5.46. The van der Waals surface area contributed by atoms with Crippen LogP contribution < -0.4 is 5.56 Å². The molecule has 1 fully saturated rings. The molecule has 156 valence electrons. The van der Waals surface area contributed by atoms with E-state index in [9.17, 15) is 22.8 Å². The largest absolute Gasteiger partial charge is 0.433 e. The van der Waals surface area contributed by atoms with Crippen molar-refractivity contribution >= 4 is 5.91 Å². The van der Waals surface area contributed by atoms with Crippen LogP contribution in [0.4, 0.5) is 13.2 Å². The number of hydrogen-bond donors (Lipinski definition) is 0. The average Bonchev–Trinajstić information content (AvgIpc) is 2.69. The zero-order valence-electron chi connectivity index (χ0n) is 16.3. The number of carbonyl (C=O) groups is 1. The van der Waals surface area contributed by atoms with Gasteiger partial charge < -0.3 is 4.90 Å². The Morgan fingerprint density at radius 1 is 1.21 bits per heavy atom. The summed E-state index contributed by atoms with van der Waals surface area (Å²) in [5.74, 6) is 0.0882. The van der Waals surface area contributed by atoms with Gasteiger partial charge in [-0.05, 0) is 36.8 Å². The fourth-order valence-corrected chi connectivity index (χ4v) is 3.36. The number of carbonyl (C=O) groups excluding carboxylic acids is 1. The van der Waals surface area contributed by atoms with E-state index in [-0.39, 0.29) is 28.9 Å². The van der Waals surface area contributed by atoms with Crippen molar-refractivity contribution in [1.82, 2.24) is 19.4 Å². The molecule has 2 aromatic heterocycles. The number of hydrogen-bond acceptors (Lipinski definition) is 4. The molecule has 9 heteroatoms. The third kappa shape index (κ3) is 5.02. The van der Waals surface area contributed by atoms with Crippen molar-refractivity contribution in [3.8, 4) is 0 Å². The highest BCUT2D eigenvalue weighted by Crippen LogP contribution is 2.27. The molecule has 0 aliphatic carbocycles. The van der Waals surface area contributed by atoms with E-state index in [4.69, 9.17) is 0 Å². The summed E-state index contributed by atoms with van der Waals surface area (Å²) in [5.41, 5.74) is -0.203. The normalized spacial score (nSPS) is 15.7. The number of alkyl halides is 3. The number of amides is 1. The van der Waals surface area contributed by atoms with Crippen LogP contribution in [0.1, 0.15) is 54.4 Å². The fraction of sp³-hybridized carbons (Fsp3) is 0.500. The molecule has 1 aliphatic heterocycles. The minimum absolute atomic E-state index is 0.0852. The summed E-state index contributed by atoms with van der Waals surface area (Å²) in [4.78, 5) is 34.1. The van der Waals surface area contributed by atoms with Gasteiger partial charge in [0.15, 0.2) is 0 Å². The number of pyridine rings is 1. The van der Waals surface area contributed by atoms with Crippen LogP contribution in [-0.4, -0.2) is 38.4 Å². The second kappa shape index (κ2) is 8.34. The lowest BCUT2D eigenvalue weighted by molar-refractivity contribution is -0.141. The molecule has 3 heterocycles. The van der Waals surface area contributed by atoms with Gasteiger partial charge in [-0.2, -0.15) is 13.2 Å². The molecule has 6 nitrogen and oxygen atoms in total. The average molecular weight is 408 g/mol. The Balaban J connectivity index is 1.58. The third-order valence-corrected chi connectivity index (χ3v) is 5.15. The highest BCUT2D eigenvalue weighted by molar-refractivity contribution is 5.94. The van der Waals surface area contributed by atoms with Crippen molar-refractivity contribution in [3.63, 3.8) is 0 Å². The summed E-state index contributed by atoms with van der Waals surface area (Å²) < 4.78 is 39.4. The number of halogens is 3. The molecule has 1 amide bonds. The second-order valence-corrected chi connectivity index (χ2v) is 7.62. The van der Waals surface area contributed by atoms with Gasteiger partial charge in [-0.15, -0.1) is 0 Å². The van der Waals surface area contributed by atoms with Crippen molar-refractivity contribution in [1.29, 1.82) is 0 Å². The number of nitrogens with zero attached hydrogens (tertiary/aromatic N) is 4. The summed E-state index contributed by atoms with van der Waals surface area (Å²) in [6, 6.07) is 3.53. The Kier molecular flexibility index (Phi) is 6.04. The van der Waals surface area contributed by atoms with Gasteiger partial charge in [-0.25, -0.2) is 4.98 Å². The summed E-state index contributed by atoms with van der Waals surface area (Å²) in [7, 11) is 0. The molecule has 29 heavy (non-hydrogen) atoms. The van der Waals surface area contributed by atoms with Gasteiger partial charge in [0.05, 0.1) is 17.6 Å². The van der Waals surface area contributed by atoms with Crippen LogP contribution >= 0.6 is 0 Å². The maximum absolute atomic E-state index is 12.6. The van der Waals surface area contributed by atoms with Gasteiger partial charge in [-0.1, -0.05) is 13.8 Å². The van der Waals surface area contributed by atoms with Crippen LogP contribution in [0.2, 0.25) is 0 Å². The third-order valence-electron chi connectivity index (χ3n) is 5.15. The van der Waals surface area contributed by atoms with E-state index in [2.05, 4.69) is 9.97 Å². The Morgan fingerprint density at radius 2 is 1.90 bits per heavy atom. The van der Waals surface area contributed by atoms with E-state index in [1.165, 1.54) is 0 Å². The Morgan fingerprint density at radius 3 is 2.41 bits per heavy atom. The van der Waals surface area contributed by atoms with E-state index < -0.39 is 11.9 Å². The van der Waals surface area contributed by atoms with Crippen LogP contribution in [0.15, 0.2) is 35.5 Å². The van der Waals surface area contributed by atoms with Gasteiger partial charge in [-0.3, -0.25) is 19.1 Å². The lowest BCUT2D eigenvalue weighted by atomic mass is 9.96. The molecule has 1 saturated heterocycles. The molecule has 2 aromatic rings. The van der Waals surface area contributed by atoms with Crippen molar-refractivity contribution in [3.05, 3.63) is 58.0 Å². The molecule has 0 atom stereocenters. The van der Waals surface area contributed by atoms with E-state index in [0.29, 0.717) is 32.5 Å². The molecule has 0 spiro atoms. The minimum atomic E-state index is -4.53. The Bertz CT molecular complexity index is 915. The maximum Gasteiger partial charge on any atom is 0.433 e. The molecule has 0 unspecified atom stereocenters. The topological polar surface area (TPSA) is 68.1 Å². The summed E-state index contributed by atoms with van der Waals surface area (Å²) in [5, 5.41) is 0. The molecule has 3 rings (SSSR count). The molecule has 0 radical (unpaired) electrons. The van der Waals surface area contributed by atoms with E-state index in [1.807, 2.05) is 13.8 Å². The SMILES string of the molecule is CC(C)c1cc(=O)n(CC2CCN(C(=O)c3ccc(C(F)(F)F)nc3)CC2)cn1. The molecule has 0 N–H and O–H groups in total. The number of piperidine rings is 1. The minimum Gasteiger partial charge on any atom is -0.339 e. The lowest BCUT2D eigenvalue weighted by Gasteiger charge is -2.32. The Labute approximate surface area is 166 Å². The standard InChI is InChI=1S/C20H23F3N4O2/c1-13(2)16-9-18(28)27(12-25-16)11-14-5-7-26(8-6-14)19(29)15-3-4-17(24-10-15)20(21,22)23/h3-4,9-10,12-14H,5-8,11H2,1-2H3. The summed E-state index contributed by atoms with van der Waals surface area (Å²) in [6.07, 6.45) is -0.571. The zero-order valence-corrected chi connectivity index (χ0v) is 16.3. The van der Waals surface area contributed by atoms with Crippen molar-refractivity contribution < 1.29 is 18.0 Å². The highest BCUT2D eigenvalue weighted by atomic mass is 19.4. The highest BCUT2D eigenvalue weighted by Gasteiger charge is 2.32. The van der Waals surface area contributed by atoms with Crippen LogP contribution in [0.25, 0.3) is 0 Å². The first-order valence-corrected chi connectivity index (χ1v) is 9.54. The van der Waals surface area contributed by atoms with E-state index >= 15 is 0 Å². The monoisotopic (exact) mass is 408 g/mol. The molecule has 0 saturated carbocycles. The lowest BCUT2D eigenvalue weighted by Crippen LogP contribution is -2.40. The first kappa shape index (κ1) is 21.0. The fourth-order valence-electron chi connectivity index (χ4n) is 3.36. The molecule has 1 aliphatic rings. The van der Waals surface area contributed by atoms with Gasteiger partial charge in [0.1, 0.15) is 5.69 Å². The quantitative estimate of drug-likeness (QED) is 0.778. The smallest absolute Gasteiger partial charge is 0.339 e. The van der Waals surface area contributed by atoms with E-state index in [0.717, 1.165) is 24.0 Å². The van der Waals surface area contributed by atoms with Gasteiger partial charge in [0.2, 0.25) is 0 Å². The zero-order chi connectivity index (χ0) is 21.2. The maximum atomic E-state index is 12.6. The first-order valence-electron chi connectivity index (χ1n) is 9.54. The van der Waals surface area contributed by atoms with E-state index in [1.54, 1.807) is 21.9 Å². The number of aromatic nitrogens is 3. The van der Waals surface area contributed by atoms with Crippen LogP contribution in [0.3, 0.4) is 0 Å². The van der Waals surface area contributed by atoms with Crippen LogP contribution in [-0.2, 0) is 12.7 Å². The second-order valence-electron chi connectivity index (χ2n) is 7.62. The Hall–Kier alpha value is -2.71. The van der Waals surface area contributed by atoms with Gasteiger partial charge in [0, 0.05) is 31.9 Å². The van der Waals surface area contributed by atoms with Crippen molar-refractivity contribution in [2.24, 2.45) is 5.92 Å². The van der Waals surface area contributed by atoms with Crippen molar-refractivity contribution in [2.45, 2.75) is 45.3 Å². The molecular formula is C20H23F3N4O2. The van der Waals surface area contributed by atoms with Crippen LogP contribution in [0.5, 0.6) is 0 Å². The predicted molar refractivity (Wildman–Crippen MR) is 100 cm³/mol. The molecule has 0 aromatic carbocycles. The molecular weight excluding hydrogens is 385 g/mol. The number of rotatable bonds is 4. The summed E-state index contributed by atoms with van der Waals surface area (Å²) >= 11 is 0. The van der Waals surface area contributed by atoms with Crippen LogP contribution in [0, 0.1) is 5.92 Å². The van der Waals surface area contributed by atoms with Crippen molar-refractivity contribution in [2.75, 3.05) is 13.1 Å². The molecule has 0 bridgehead atoms. The first-order chi connectivity index (χ1) is 13.6. The predicted octanol–water partition coefficient (Wildman–Crippen LogP) is 3.33. The van der Waals surface area contributed by atoms with Gasteiger partial charge in [0.25, 0.3) is 11.5 Å².